The van der Waals surface area contributed by atoms with Crippen molar-refractivity contribution in [2.75, 3.05) is 6.54 Å². The number of aliphatic imine (C=N–C) groups is 1. The van der Waals surface area contributed by atoms with Gasteiger partial charge in [-0.15, -0.1) is 11.3 Å². The predicted molar refractivity (Wildman–Crippen MR) is 73.0 cm³/mol. The van der Waals surface area contributed by atoms with E-state index in [0.717, 1.165) is 12.2 Å². The maximum atomic E-state index is 4.37. The molecule has 82 valence electrons. The zero-order valence-corrected chi connectivity index (χ0v) is 9.79. The summed E-state index contributed by atoms with van der Waals surface area (Å²) >= 11 is 1.77. The number of hydrogen-bond donors (Lipinski definition) is 1. The molecule has 1 aliphatic rings. The molecule has 0 atom stereocenters. The van der Waals surface area contributed by atoms with Crippen molar-refractivity contribution in [3.05, 3.63) is 35.8 Å². The third kappa shape index (κ3) is 1.21. The van der Waals surface area contributed by atoms with Crippen molar-refractivity contribution in [3.8, 4) is 0 Å². The summed E-state index contributed by atoms with van der Waals surface area (Å²) in [7, 11) is 0. The summed E-state index contributed by atoms with van der Waals surface area (Å²) in [6, 6.07) is 2.06. The molecule has 17 heavy (non-hydrogen) atoms. The lowest BCUT2D eigenvalue weighted by molar-refractivity contribution is 1.27. The van der Waals surface area contributed by atoms with Crippen LogP contribution in [0.3, 0.4) is 0 Å². The van der Waals surface area contributed by atoms with Gasteiger partial charge in [-0.25, -0.2) is 0 Å². The van der Waals surface area contributed by atoms with Gasteiger partial charge in [-0.2, -0.15) is 0 Å². The Hall–Kier alpha value is -1.94. The van der Waals surface area contributed by atoms with Gasteiger partial charge in [-0.05, 0) is 12.1 Å². The van der Waals surface area contributed by atoms with Crippen molar-refractivity contribution in [2.24, 2.45) is 4.99 Å². The van der Waals surface area contributed by atoms with E-state index in [4.69, 9.17) is 0 Å². The number of thiophene rings is 1. The molecule has 0 aliphatic carbocycles. The minimum Gasteiger partial charge on any atom is -0.346 e. The molecule has 4 heterocycles. The lowest BCUT2D eigenvalue weighted by Crippen LogP contribution is -1.82. The summed E-state index contributed by atoms with van der Waals surface area (Å²) in [4.78, 5) is 13.3. The van der Waals surface area contributed by atoms with Gasteiger partial charge in [-0.1, -0.05) is 6.08 Å². The van der Waals surface area contributed by atoms with Gasteiger partial charge in [0, 0.05) is 45.3 Å². The van der Waals surface area contributed by atoms with Gasteiger partial charge in [0.25, 0.3) is 0 Å². The predicted octanol–water partition coefficient (Wildman–Crippen LogP) is 3.22. The van der Waals surface area contributed by atoms with Crippen LogP contribution in [0.25, 0.3) is 26.4 Å². The Morgan fingerprint density at radius 3 is 3.35 bits per heavy atom. The molecular formula is C13H9N3S. The first-order chi connectivity index (χ1) is 8.43. The van der Waals surface area contributed by atoms with Crippen molar-refractivity contribution in [3.63, 3.8) is 0 Å². The van der Waals surface area contributed by atoms with Crippen LogP contribution < -0.4 is 0 Å². The number of fused-ring (bicyclic) bond motifs is 5. The third-order valence-electron chi connectivity index (χ3n) is 3.01. The highest BCUT2D eigenvalue weighted by molar-refractivity contribution is 7.25. The minimum absolute atomic E-state index is 0.754. The van der Waals surface area contributed by atoms with Gasteiger partial charge < -0.3 is 4.98 Å². The Morgan fingerprint density at radius 1 is 1.35 bits per heavy atom. The number of nitrogens with one attached hydrogen (secondary N) is 1. The number of aromatic nitrogens is 2. The highest BCUT2D eigenvalue weighted by atomic mass is 32.1. The van der Waals surface area contributed by atoms with E-state index in [0.29, 0.717) is 0 Å². The zero-order chi connectivity index (χ0) is 11.2. The zero-order valence-electron chi connectivity index (χ0n) is 8.97. The van der Waals surface area contributed by atoms with Crippen LogP contribution in [-0.2, 0) is 0 Å². The molecule has 3 aromatic heterocycles. The maximum absolute atomic E-state index is 4.37. The van der Waals surface area contributed by atoms with Crippen molar-refractivity contribution in [1.29, 1.82) is 0 Å². The van der Waals surface area contributed by atoms with Crippen molar-refractivity contribution in [1.82, 2.24) is 9.97 Å². The summed E-state index contributed by atoms with van der Waals surface area (Å²) in [6.45, 7) is 0.754. The lowest BCUT2D eigenvalue weighted by Gasteiger charge is -1.92. The van der Waals surface area contributed by atoms with E-state index < -0.39 is 0 Å². The second kappa shape index (κ2) is 3.28. The van der Waals surface area contributed by atoms with Crippen LogP contribution in [0.2, 0.25) is 0 Å². The molecule has 4 heteroatoms. The fourth-order valence-corrected chi connectivity index (χ4v) is 3.36. The molecule has 0 saturated carbocycles. The van der Waals surface area contributed by atoms with Crippen molar-refractivity contribution < 1.29 is 0 Å². The van der Waals surface area contributed by atoms with E-state index in [2.05, 4.69) is 33.2 Å². The Labute approximate surface area is 102 Å². The van der Waals surface area contributed by atoms with Crippen LogP contribution in [0.1, 0.15) is 11.3 Å². The average Bonchev–Trinajstić information content (AvgIpc) is 2.77. The second-order valence-electron chi connectivity index (χ2n) is 4.03. The van der Waals surface area contributed by atoms with Gasteiger partial charge in [0.2, 0.25) is 0 Å². The first kappa shape index (κ1) is 9.13. The maximum Gasteiger partial charge on any atom is 0.102 e. The number of rotatable bonds is 0. The minimum atomic E-state index is 0.754. The molecule has 0 bridgehead atoms. The quantitative estimate of drug-likeness (QED) is 0.643. The van der Waals surface area contributed by atoms with E-state index in [1.807, 2.05) is 18.6 Å². The first-order valence-corrected chi connectivity index (χ1v) is 6.30. The molecular weight excluding hydrogens is 230 g/mol. The van der Waals surface area contributed by atoms with Crippen molar-refractivity contribution >= 4 is 43.9 Å². The summed E-state index contributed by atoms with van der Waals surface area (Å²) in [6.07, 6.45) is 9.92. The molecule has 0 radical (unpaired) electrons. The second-order valence-corrected chi connectivity index (χ2v) is 5.08. The van der Waals surface area contributed by atoms with E-state index in [1.165, 1.54) is 25.9 Å². The molecule has 3 nitrogen and oxygen atoms in total. The van der Waals surface area contributed by atoms with E-state index >= 15 is 0 Å². The highest BCUT2D eigenvalue weighted by Gasteiger charge is 2.14. The molecule has 1 N–H and O–H groups in total. The van der Waals surface area contributed by atoms with E-state index in [9.17, 15) is 0 Å². The molecule has 1 aliphatic heterocycles. The molecule has 0 amide bonds. The Morgan fingerprint density at radius 2 is 2.35 bits per heavy atom. The molecule has 4 rings (SSSR count). The Bertz CT molecular complexity index is 777. The molecule has 0 aromatic carbocycles. The van der Waals surface area contributed by atoms with Gasteiger partial charge in [0.05, 0.1) is 6.54 Å². The Balaban J connectivity index is 2.22. The highest BCUT2D eigenvalue weighted by Crippen LogP contribution is 2.36. The van der Waals surface area contributed by atoms with Crippen LogP contribution in [0.15, 0.2) is 29.5 Å². The number of pyridine rings is 1. The fourth-order valence-electron chi connectivity index (χ4n) is 2.26. The van der Waals surface area contributed by atoms with Gasteiger partial charge >= 0.3 is 0 Å². The van der Waals surface area contributed by atoms with Gasteiger partial charge in [0.1, 0.15) is 4.83 Å². The van der Waals surface area contributed by atoms with Crippen LogP contribution in [-0.4, -0.2) is 22.7 Å². The van der Waals surface area contributed by atoms with Crippen LogP contribution in [0.5, 0.6) is 0 Å². The van der Waals surface area contributed by atoms with Gasteiger partial charge in [0.15, 0.2) is 0 Å². The molecule has 3 aromatic rings. The summed E-state index contributed by atoms with van der Waals surface area (Å²) < 4.78 is 1.27. The lowest BCUT2D eigenvalue weighted by atomic mass is 10.1. The average molecular weight is 239 g/mol. The Kier molecular flexibility index (Phi) is 1.76. The molecule has 0 spiro atoms. The van der Waals surface area contributed by atoms with Crippen LogP contribution in [0.4, 0.5) is 0 Å². The van der Waals surface area contributed by atoms with E-state index in [-0.39, 0.29) is 0 Å². The summed E-state index contributed by atoms with van der Waals surface area (Å²) in [5.74, 6) is 0. The molecule has 0 saturated heterocycles. The molecule has 0 fully saturated rings. The smallest absolute Gasteiger partial charge is 0.102 e. The van der Waals surface area contributed by atoms with Crippen LogP contribution in [0, 0.1) is 0 Å². The van der Waals surface area contributed by atoms with Gasteiger partial charge in [-0.3, -0.25) is 9.98 Å². The molecule has 0 unspecified atom stereocenters. The SMILES string of the molecule is C1=Cc2[nH]c3sc4ccncc4c3c2C=NC1. The summed E-state index contributed by atoms with van der Waals surface area (Å²) in [5.41, 5.74) is 2.34. The standard InChI is InChI=1S/C13H9N3S/c1-2-10-8(6-14-4-1)12-9-7-15-5-3-11(9)17-13(12)16-10/h1-3,5-7,16H,4H2. The number of nitrogens with zero attached hydrogens (tertiary/aromatic N) is 2. The normalized spacial score (nSPS) is 14.4. The van der Waals surface area contributed by atoms with Crippen LogP contribution >= 0.6 is 11.3 Å². The fraction of sp³-hybridized carbons (Fsp3) is 0.0769. The largest absolute Gasteiger partial charge is 0.346 e. The number of aromatic amines is 1. The third-order valence-corrected chi connectivity index (χ3v) is 4.10. The summed E-state index contributed by atoms with van der Waals surface area (Å²) in [5, 5.41) is 2.47. The number of hydrogen-bond acceptors (Lipinski definition) is 3. The van der Waals surface area contributed by atoms with E-state index in [1.54, 1.807) is 11.3 Å². The monoisotopic (exact) mass is 239 g/mol. The first-order valence-electron chi connectivity index (χ1n) is 5.48. The topological polar surface area (TPSA) is 41.0 Å². The van der Waals surface area contributed by atoms with Crippen molar-refractivity contribution in [2.45, 2.75) is 0 Å². The number of H-pyrrole nitrogens is 1.